The number of aryl methyl sites for hydroxylation is 2. The highest BCUT2D eigenvalue weighted by atomic mass is 35.5. The molecule has 29 heavy (non-hydrogen) atoms. The van der Waals surface area contributed by atoms with Crippen molar-refractivity contribution >= 4 is 35.1 Å². The molecule has 6 heteroatoms. The van der Waals surface area contributed by atoms with Crippen LogP contribution < -0.4 is 4.90 Å². The number of benzene rings is 2. The summed E-state index contributed by atoms with van der Waals surface area (Å²) in [5.74, 6) is -0.151. The van der Waals surface area contributed by atoms with Crippen molar-refractivity contribution < 1.29 is 19.1 Å². The van der Waals surface area contributed by atoms with Crippen LogP contribution >= 0.6 is 11.6 Å². The number of nitrogens with zero attached hydrogens (tertiary/aromatic N) is 1. The van der Waals surface area contributed by atoms with Gasteiger partial charge in [0.05, 0.1) is 6.10 Å². The topological polar surface area (TPSA) is 63.7 Å². The smallest absolute Gasteiger partial charge is 0.373 e. The van der Waals surface area contributed by atoms with Gasteiger partial charge in [-0.3, -0.25) is 0 Å². The molecule has 2 aromatic carbocycles. The van der Waals surface area contributed by atoms with Gasteiger partial charge in [0.1, 0.15) is 6.04 Å². The Hall–Kier alpha value is -2.62. The summed E-state index contributed by atoms with van der Waals surface area (Å²) in [5, 5.41) is 0.667. The Bertz CT molecular complexity index is 820. The first kappa shape index (κ1) is 24.4. The molecule has 0 radical (unpaired) electrons. The highest BCUT2D eigenvalue weighted by Crippen LogP contribution is 2.33. The number of anilines is 2. The molecule has 0 bridgehead atoms. The van der Waals surface area contributed by atoms with Crippen LogP contribution in [0.15, 0.2) is 42.5 Å². The molecule has 0 spiro atoms. The first-order valence-corrected chi connectivity index (χ1v) is 9.81. The van der Waals surface area contributed by atoms with Gasteiger partial charge in [0.25, 0.3) is 0 Å². The van der Waals surface area contributed by atoms with Crippen molar-refractivity contribution in [2.75, 3.05) is 4.90 Å². The van der Waals surface area contributed by atoms with E-state index in [1.54, 1.807) is 0 Å². The van der Waals surface area contributed by atoms with Gasteiger partial charge in [-0.05, 0) is 81.1 Å². The van der Waals surface area contributed by atoms with Crippen molar-refractivity contribution in [2.45, 2.75) is 53.7 Å². The summed E-state index contributed by atoms with van der Waals surface area (Å²) in [6, 6.07) is 13.5. The summed E-state index contributed by atoms with van der Waals surface area (Å²) in [7, 11) is 0. The van der Waals surface area contributed by atoms with Crippen LogP contribution in [0.25, 0.3) is 0 Å². The first-order valence-electron chi connectivity index (χ1n) is 9.43. The van der Waals surface area contributed by atoms with Crippen molar-refractivity contribution in [3.63, 3.8) is 0 Å². The van der Waals surface area contributed by atoms with Crippen molar-refractivity contribution in [3.8, 4) is 0 Å². The van der Waals surface area contributed by atoms with Crippen LogP contribution in [0, 0.1) is 19.8 Å². The monoisotopic (exact) mass is 417 g/mol. The predicted molar refractivity (Wildman–Crippen MR) is 114 cm³/mol. The quantitative estimate of drug-likeness (QED) is 0.581. The molecular weight excluding hydrogens is 390 g/mol. The van der Waals surface area contributed by atoms with Gasteiger partial charge < -0.3 is 9.64 Å². The normalized spacial score (nSPS) is 11.3. The second-order valence-electron chi connectivity index (χ2n) is 7.45. The van der Waals surface area contributed by atoms with Crippen LogP contribution in [0.5, 0.6) is 0 Å². The van der Waals surface area contributed by atoms with Crippen molar-refractivity contribution in [2.24, 2.45) is 5.92 Å². The number of esters is 1. The lowest BCUT2D eigenvalue weighted by Crippen LogP contribution is -2.44. The molecule has 0 saturated heterocycles. The highest BCUT2D eigenvalue weighted by Gasteiger charge is 2.32. The Morgan fingerprint density at radius 2 is 1.41 bits per heavy atom. The van der Waals surface area contributed by atoms with Crippen LogP contribution in [0.1, 0.15) is 38.8 Å². The van der Waals surface area contributed by atoms with Gasteiger partial charge in [-0.25, -0.2) is 4.79 Å². The lowest BCUT2D eigenvalue weighted by atomic mass is 9.99. The van der Waals surface area contributed by atoms with E-state index in [1.807, 2.05) is 52.0 Å². The Balaban J connectivity index is 0.00000132. The highest BCUT2D eigenvalue weighted by molar-refractivity contribution is 6.30. The van der Waals surface area contributed by atoms with Crippen LogP contribution in [-0.2, 0) is 19.1 Å². The number of ether oxygens (including phenoxy) is 1. The molecule has 0 N–H and O–H groups in total. The number of carbonyl (C=O) groups excluding carboxylic acids is 3. The van der Waals surface area contributed by atoms with E-state index < -0.39 is 6.04 Å². The maximum Gasteiger partial charge on any atom is 0.373 e. The molecule has 0 aliphatic rings. The Morgan fingerprint density at radius 3 is 1.83 bits per heavy atom. The molecule has 5 nitrogen and oxygen atoms in total. The Labute approximate surface area is 177 Å². The van der Waals surface area contributed by atoms with Crippen LogP contribution in [0.3, 0.4) is 0 Å². The van der Waals surface area contributed by atoms with Crippen LogP contribution in [-0.4, -0.2) is 24.3 Å². The zero-order chi connectivity index (χ0) is 22.1. The molecule has 2 aromatic rings. The summed E-state index contributed by atoms with van der Waals surface area (Å²) in [5.41, 5.74) is 4.19. The second kappa shape index (κ2) is 11.4. The van der Waals surface area contributed by atoms with E-state index >= 15 is 0 Å². The van der Waals surface area contributed by atoms with Gasteiger partial charge in [-0.15, -0.1) is 0 Å². The fourth-order valence-electron chi connectivity index (χ4n) is 3.14. The van der Waals surface area contributed by atoms with E-state index in [0.29, 0.717) is 5.02 Å². The summed E-state index contributed by atoms with van der Waals surface area (Å²) in [6.07, 6.45) is 0.0927. The Kier molecular flexibility index (Phi) is 9.60. The fraction of sp³-hybridized carbons (Fsp3) is 0.391. The van der Waals surface area contributed by atoms with Gasteiger partial charge in [0.2, 0.25) is 0 Å². The predicted octanol–water partition coefficient (Wildman–Crippen LogP) is 5.49. The largest absolute Gasteiger partial charge is 0.461 e. The molecule has 0 amide bonds. The lowest BCUT2D eigenvalue weighted by Gasteiger charge is -2.35. The Morgan fingerprint density at radius 1 is 0.931 bits per heavy atom. The third-order valence-corrected chi connectivity index (χ3v) is 4.34. The fourth-order valence-corrected chi connectivity index (χ4v) is 3.27. The third kappa shape index (κ3) is 7.37. The average Bonchev–Trinajstić information content (AvgIpc) is 2.59. The molecule has 2 rings (SSSR count). The molecule has 0 fully saturated rings. The minimum Gasteiger partial charge on any atom is -0.461 e. The SMILES string of the molecule is Cc1cc(C)cc(N(c2ccc(Cl)cc2)C(C(=O)OC(C)C)C(C)C)c1.O=C=O. The molecule has 0 saturated carbocycles. The maximum atomic E-state index is 12.9. The van der Waals surface area contributed by atoms with Gasteiger partial charge in [-0.1, -0.05) is 31.5 Å². The number of hydrogen-bond acceptors (Lipinski definition) is 5. The zero-order valence-corrected chi connectivity index (χ0v) is 18.5. The van der Waals surface area contributed by atoms with Crippen molar-refractivity contribution in [3.05, 3.63) is 58.6 Å². The van der Waals surface area contributed by atoms with Gasteiger partial charge in [0.15, 0.2) is 0 Å². The summed E-state index contributed by atoms with van der Waals surface area (Å²) >= 11 is 6.08. The minimum absolute atomic E-state index is 0.0674. The zero-order valence-electron chi connectivity index (χ0n) is 17.7. The second-order valence-corrected chi connectivity index (χ2v) is 7.89. The number of carbonyl (C=O) groups is 1. The minimum atomic E-state index is -0.431. The molecule has 0 aliphatic carbocycles. The van der Waals surface area contributed by atoms with Gasteiger partial charge in [0, 0.05) is 16.4 Å². The van der Waals surface area contributed by atoms with E-state index in [9.17, 15) is 4.79 Å². The molecule has 0 heterocycles. The number of hydrogen-bond donors (Lipinski definition) is 0. The van der Waals surface area contributed by atoms with E-state index in [2.05, 4.69) is 36.9 Å². The molecule has 1 unspecified atom stereocenters. The average molecular weight is 418 g/mol. The van der Waals surface area contributed by atoms with E-state index in [-0.39, 0.29) is 24.1 Å². The number of halogens is 1. The van der Waals surface area contributed by atoms with Crippen molar-refractivity contribution in [1.82, 2.24) is 0 Å². The summed E-state index contributed by atoms with van der Waals surface area (Å²) < 4.78 is 5.58. The van der Waals surface area contributed by atoms with E-state index in [0.717, 1.165) is 22.5 Å². The van der Waals surface area contributed by atoms with Crippen LogP contribution in [0.2, 0.25) is 5.02 Å². The molecule has 156 valence electrons. The number of rotatable bonds is 6. The third-order valence-electron chi connectivity index (χ3n) is 4.09. The summed E-state index contributed by atoms with van der Waals surface area (Å²) in [6.45, 7) is 12.0. The van der Waals surface area contributed by atoms with E-state index in [1.165, 1.54) is 0 Å². The lowest BCUT2D eigenvalue weighted by molar-refractivity contribution is -0.191. The van der Waals surface area contributed by atoms with E-state index in [4.69, 9.17) is 25.9 Å². The van der Waals surface area contributed by atoms with Crippen LogP contribution in [0.4, 0.5) is 11.4 Å². The summed E-state index contributed by atoms with van der Waals surface area (Å²) in [4.78, 5) is 31.2. The molecule has 1 atom stereocenters. The molecular formula is C23H28ClNO4. The maximum absolute atomic E-state index is 12.9. The standard InChI is InChI=1S/C22H28ClNO2.CO2/c1-14(2)21(22(25)26-15(3)4)24(19-9-7-18(23)8-10-19)20-12-16(5)11-17(6)13-20;2-1-3/h7-15,21H,1-6H3;. The van der Waals surface area contributed by atoms with Gasteiger partial charge >= 0.3 is 12.1 Å². The van der Waals surface area contributed by atoms with Gasteiger partial charge in [-0.2, -0.15) is 9.59 Å². The molecule has 0 aromatic heterocycles. The molecule has 0 aliphatic heterocycles. The van der Waals surface area contributed by atoms with Crippen molar-refractivity contribution in [1.29, 1.82) is 0 Å². The first-order chi connectivity index (χ1) is 13.6.